The molecule has 1 aromatic heterocycles. The fourth-order valence-corrected chi connectivity index (χ4v) is 4.83. The molecule has 3 heterocycles. The van der Waals surface area contributed by atoms with E-state index in [1.54, 1.807) is 16.7 Å². The summed E-state index contributed by atoms with van der Waals surface area (Å²) in [6.07, 6.45) is 1.35. The van der Waals surface area contributed by atoms with Crippen LogP contribution < -0.4 is 0 Å². The van der Waals surface area contributed by atoms with Gasteiger partial charge in [-0.1, -0.05) is 0 Å². The molecule has 0 unspecified atom stereocenters. The number of hydrogen-bond donors (Lipinski definition) is 0. The topological polar surface area (TPSA) is 92.3 Å². The van der Waals surface area contributed by atoms with Gasteiger partial charge in [-0.2, -0.15) is 0 Å². The summed E-state index contributed by atoms with van der Waals surface area (Å²) in [4.78, 5) is 47.0. The van der Waals surface area contributed by atoms with Crippen molar-refractivity contribution in [2.45, 2.75) is 52.1 Å². The molecule has 0 bridgehead atoms. The number of likely N-dealkylation sites (tertiary alicyclic amines) is 1. The third-order valence-electron chi connectivity index (χ3n) is 5.55. The molecule has 2 fully saturated rings. The van der Waals surface area contributed by atoms with Gasteiger partial charge in [0.1, 0.15) is 11.3 Å². The minimum Gasteiger partial charge on any atom is -0.465 e. The molecule has 2 aliphatic heterocycles. The lowest BCUT2D eigenvalue weighted by molar-refractivity contribution is -0.144. The largest absolute Gasteiger partial charge is 0.465 e. The van der Waals surface area contributed by atoms with Gasteiger partial charge in [-0.25, -0.2) is 9.78 Å². The van der Waals surface area contributed by atoms with Crippen LogP contribution in [0.1, 0.15) is 62.0 Å². The van der Waals surface area contributed by atoms with Gasteiger partial charge in [-0.3, -0.25) is 14.5 Å². The molecule has 2 saturated heterocycles. The fraction of sp³-hybridized carbons (Fsp3) is 0.727. The second-order valence-electron chi connectivity index (χ2n) is 9.19. The summed E-state index contributed by atoms with van der Waals surface area (Å²) in [5, 5.41) is 2.79. The van der Waals surface area contributed by atoms with Gasteiger partial charge in [0.2, 0.25) is 0 Å². The predicted molar refractivity (Wildman–Crippen MR) is 121 cm³/mol. The number of hydrogen-bond acceptors (Lipinski definition) is 8. The van der Waals surface area contributed by atoms with Crippen molar-refractivity contribution in [1.82, 2.24) is 19.7 Å². The van der Waals surface area contributed by atoms with Crippen molar-refractivity contribution in [3.8, 4) is 0 Å². The van der Waals surface area contributed by atoms with Crippen LogP contribution in [-0.2, 0) is 14.3 Å². The smallest absolute Gasteiger partial charge is 0.410 e. The normalized spacial score (nSPS) is 18.5. The molecule has 3 rings (SSSR count). The molecule has 0 saturated carbocycles. The van der Waals surface area contributed by atoms with Crippen LogP contribution in [0.15, 0.2) is 5.38 Å². The van der Waals surface area contributed by atoms with E-state index in [4.69, 9.17) is 9.47 Å². The van der Waals surface area contributed by atoms with Crippen molar-refractivity contribution in [2.24, 2.45) is 0 Å². The van der Waals surface area contributed by atoms with E-state index >= 15 is 0 Å². The van der Waals surface area contributed by atoms with Crippen LogP contribution in [0.25, 0.3) is 0 Å². The molecule has 178 valence electrons. The summed E-state index contributed by atoms with van der Waals surface area (Å²) in [5.74, 6) is -0.0368. The Hall–Kier alpha value is -2.20. The Labute approximate surface area is 193 Å². The summed E-state index contributed by atoms with van der Waals surface area (Å²) in [5.41, 5.74) is -0.0126. The minimum absolute atomic E-state index is 0.0607. The van der Waals surface area contributed by atoms with Crippen molar-refractivity contribution in [1.29, 1.82) is 0 Å². The number of amides is 2. The average molecular weight is 467 g/mol. The van der Waals surface area contributed by atoms with Gasteiger partial charge < -0.3 is 19.3 Å². The number of ether oxygens (including phenoxy) is 2. The van der Waals surface area contributed by atoms with Crippen LogP contribution in [0.4, 0.5) is 4.79 Å². The second-order valence-corrected chi connectivity index (χ2v) is 10.1. The number of thiazole rings is 1. The van der Waals surface area contributed by atoms with E-state index in [9.17, 15) is 14.4 Å². The summed E-state index contributed by atoms with van der Waals surface area (Å²) >= 11 is 1.52. The zero-order chi connectivity index (χ0) is 23.3. The Morgan fingerprint density at radius 3 is 2.31 bits per heavy atom. The number of piperidine rings is 1. The maximum Gasteiger partial charge on any atom is 0.410 e. The minimum atomic E-state index is -0.497. The molecule has 9 nitrogen and oxygen atoms in total. The van der Waals surface area contributed by atoms with Crippen LogP contribution in [0.2, 0.25) is 0 Å². The Kier molecular flexibility index (Phi) is 8.10. The molecule has 0 aromatic carbocycles. The molecule has 10 heteroatoms. The number of nitrogens with zero attached hydrogens (tertiary/aromatic N) is 4. The summed E-state index contributed by atoms with van der Waals surface area (Å²) in [6, 6.07) is 0. The van der Waals surface area contributed by atoms with Crippen LogP contribution in [0, 0.1) is 0 Å². The number of carbonyl (C=O) groups is 3. The van der Waals surface area contributed by atoms with Crippen molar-refractivity contribution >= 4 is 29.3 Å². The lowest BCUT2D eigenvalue weighted by Gasteiger charge is -2.33. The standard InChI is InChI=1S/C22H34N4O5S/c1-5-30-18(27)14-24-10-12-25(13-11-24)20(28)17-15-32-19(23-17)16-6-8-26(9-7-16)21(29)31-22(2,3)4/h15-16H,5-14H2,1-4H3. The molecule has 2 aliphatic rings. The van der Waals surface area contributed by atoms with Gasteiger partial charge >= 0.3 is 12.1 Å². The molecule has 1 aromatic rings. The van der Waals surface area contributed by atoms with Crippen molar-refractivity contribution in [3.05, 3.63) is 16.1 Å². The predicted octanol–water partition coefficient (Wildman–Crippen LogP) is 2.58. The second kappa shape index (κ2) is 10.6. The molecule has 0 N–H and O–H groups in total. The zero-order valence-corrected chi connectivity index (χ0v) is 20.3. The van der Waals surface area contributed by atoms with Crippen LogP contribution >= 0.6 is 11.3 Å². The highest BCUT2D eigenvalue weighted by atomic mass is 32.1. The van der Waals surface area contributed by atoms with Crippen molar-refractivity contribution in [3.63, 3.8) is 0 Å². The van der Waals surface area contributed by atoms with Crippen molar-refractivity contribution < 1.29 is 23.9 Å². The fourth-order valence-electron chi connectivity index (χ4n) is 3.87. The molecule has 32 heavy (non-hydrogen) atoms. The summed E-state index contributed by atoms with van der Waals surface area (Å²) in [7, 11) is 0. The third kappa shape index (κ3) is 6.65. The first-order valence-corrected chi connectivity index (χ1v) is 12.1. The average Bonchev–Trinajstić information content (AvgIpc) is 3.23. The first-order chi connectivity index (χ1) is 15.2. The lowest BCUT2D eigenvalue weighted by atomic mass is 9.98. The molecule has 0 atom stereocenters. The molecular formula is C22H34N4O5S. The highest BCUT2D eigenvalue weighted by Crippen LogP contribution is 2.31. The number of esters is 1. The quantitative estimate of drug-likeness (QED) is 0.616. The van der Waals surface area contributed by atoms with E-state index in [1.165, 1.54) is 11.3 Å². The van der Waals surface area contributed by atoms with Gasteiger partial charge in [-0.05, 0) is 40.5 Å². The van der Waals surface area contributed by atoms with Crippen molar-refractivity contribution in [2.75, 3.05) is 52.4 Å². The SMILES string of the molecule is CCOC(=O)CN1CCN(C(=O)c2csc(C3CCN(C(=O)OC(C)(C)C)CC3)n2)CC1. The third-order valence-corrected chi connectivity index (χ3v) is 6.56. The first-order valence-electron chi connectivity index (χ1n) is 11.3. The highest BCUT2D eigenvalue weighted by Gasteiger charge is 2.30. The maximum atomic E-state index is 12.9. The monoisotopic (exact) mass is 466 g/mol. The molecular weight excluding hydrogens is 432 g/mol. The van der Waals surface area contributed by atoms with Crippen LogP contribution in [0.5, 0.6) is 0 Å². The van der Waals surface area contributed by atoms with Crippen LogP contribution in [0.3, 0.4) is 0 Å². The van der Waals surface area contributed by atoms with E-state index in [0.717, 1.165) is 17.8 Å². The van der Waals surface area contributed by atoms with Crippen LogP contribution in [-0.4, -0.2) is 95.7 Å². The van der Waals surface area contributed by atoms with E-state index < -0.39 is 5.60 Å². The molecule has 0 aliphatic carbocycles. The van der Waals surface area contributed by atoms with E-state index in [2.05, 4.69) is 4.98 Å². The first kappa shape index (κ1) is 24.4. The van der Waals surface area contributed by atoms with E-state index in [1.807, 2.05) is 31.1 Å². The number of rotatable bonds is 5. The zero-order valence-electron chi connectivity index (χ0n) is 19.5. The Morgan fingerprint density at radius 2 is 1.72 bits per heavy atom. The van der Waals surface area contributed by atoms with E-state index in [0.29, 0.717) is 51.6 Å². The molecule has 2 amide bonds. The maximum absolute atomic E-state index is 12.9. The number of carbonyl (C=O) groups excluding carboxylic acids is 3. The molecule has 0 spiro atoms. The highest BCUT2D eigenvalue weighted by molar-refractivity contribution is 7.09. The van der Waals surface area contributed by atoms with Gasteiger partial charge in [0.05, 0.1) is 18.2 Å². The summed E-state index contributed by atoms with van der Waals surface area (Å²) in [6.45, 7) is 11.7. The van der Waals surface area contributed by atoms with Gasteiger partial charge in [0.15, 0.2) is 0 Å². The van der Waals surface area contributed by atoms with Gasteiger partial charge in [0, 0.05) is 50.6 Å². The number of aromatic nitrogens is 1. The Bertz CT molecular complexity index is 805. The number of piperazine rings is 1. The lowest BCUT2D eigenvalue weighted by Crippen LogP contribution is -2.50. The van der Waals surface area contributed by atoms with E-state index in [-0.39, 0.29) is 30.4 Å². The molecule has 0 radical (unpaired) electrons. The Morgan fingerprint density at radius 1 is 1.06 bits per heavy atom. The van der Waals surface area contributed by atoms with Gasteiger partial charge in [-0.15, -0.1) is 11.3 Å². The summed E-state index contributed by atoms with van der Waals surface area (Å²) < 4.78 is 10.4. The van der Waals surface area contributed by atoms with Gasteiger partial charge in [0.25, 0.3) is 5.91 Å². The Balaban J connectivity index is 1.47.